The number of benzene rings is 1. The molecule has 1 aromatic carbocycles. The van der Waals surface area contributed by atoms with Gasteiger partial charge in [-0.2, -0.15) is 0 Å². The fourth-order valence-electron chi connectivity index (χ4n) is 1.77. The smallest absolute Gasteiger partial charge is 0.328 e. The van der Waals surface area contributed by atoms with Crippen molar-refractivity contribution >= 4 is 29.4 Å². The summed E-state index contributed by atoms with van der Waals surface area (Å²) in [4.78, 5) is 35.9. The Hall–Kier alpha value is -2.08. The van der Waals surface area contributed by atoms with Crippen molar-refractivity contribution < 1.29 is 23.9 Å². The number of methoxy groups -OCH3 is 1. The van der Waals surface area contributed by atoms with E-state index in [1.165, 1.54) is 13.2 Å². The lowest BCUT2D eigenvalue weighted by molar-refractivity contribution is -0.158. The van der Waals surface area contributed by atoms with Crippen molar-refractivity contribution in [1.82, 2.24) is 5.32 Å². The average molecular weight is 342 g/mol. The SMILES string of the molecule is COC(=O)[C@H](CC(=O)OC(C)(C)C)NC(=O)c1ccccc1Cl. The molecule has 0 fully saturated rings. The fourth-order valence-corrected chi connectivity index (χ4v) is 1.99. The number of ether oxygens (including phenoxy) is 2. The third-order valence-corrected chi connectivity index (χ3v) is 3.03. The lowest BCUT2D eigenvalue weighted by Crippen LogP contribution is -2.44. The maximum absolute atomic E-state index is 12.2. The Morgan fingerprint density at radius 1 is 1.22 bits per heavy atom. The van der Waals surface area contributed by atoms with Gasteiger partial charge in [-0.05, 0) is 32.9 Å². The van der Waals surface area contributed by atoms with Gasteiger partial charge in [0, 0.05) is 0 Å². The number of halogens is 1. The maximum atomic E-state index is 12.2. The van der Waals surface area contributed by atoms with Crippen molar-refractivity contribution in [2.45, 2.75) is 38.8 Å². The molecule has 0 unspecified atom stereocenters. The molecule has 0 aliphatic rings. The van der Waals surface area contributed by atoms with Crippen LogP contribution >= 0.6 is 11.6 Å². The molecule has 6 nitrogen and oxygen atoms in total. The first-order valence-electron chi connectivity index (χ1n) is 6.99. The normalized spacial score (nSPS) is 12.2. The summed E-state index contributed by atoms with van der Waals surface area (Å²) < 4.78 is 9.77. The van der Waals surface area contributed by atoms with Gasteiger partial charge in [-0.25, -0.2) is 4.79 Å². The second kappa shape index (κ2) is 7.97. The van der Waals surface area contributed by atoms with Crippen LogP contribution in [-0.2, 0) is 19.1 Å². The minimum absolute atomic E-state index is 0.201. The van der Waals surface area contributed by atoms with Gasteiger partial charge in [-0.3, -0.25) is 9.59 Å². The number of hydrogen-bond acceptors (Lipinski definition) is 5. The third kappa shape index (κ3) is 6.28. The molecule has 23 heavy (non-hydrogen) atoms. The predicted octanol–water partition coefficient (Wildman–Crippen LogP) is 2.34. The molecular weight excluding hydrogens is 322 g/mol. The van der Waals surface area contributed by atoms with E-state index < -0.39 is 29.5 Å². The monoisotopic (exact) mass is 341 g/mol. The summed E-state index contributed by atoms with van der Waals surface area (Å²) in [5.41, 5.74) is -0.489. The summed E-state index contributed by atoms with van der Waals surface area (Å²) in [5.74, 6) is -1.93. The zero-order valence-corrected chi connectivity index (χ0v) is 14.3. The summed E-state index contributed by atoms with van der Waals surface area (Å²) in [6, 6.07) is 5.23. The first kappa shape index (κ1) is 19.0. The topological polar surface area (TPSA) is 81.7 Å². The van der Waals surface area contributed by atoms with Gasteiger partial charge in [0.25, 0.3) is 5.91 Å². The van der Waals surface area contributed by atoms with E-state index in [-0.39, 0.29) is 17.0 Å². The number of carbonyl (C=O) groups excluding carboxylic acids is 3. The van der Waals surface area contributed by atoms with Crippen LogP contribution in [0, 0.1) is 0 Å². The van der Waals surface area contributed by atoms with E-state index in [1.807, 2.05) is 0 Å². The van der Waals surface area contributed by atoms with Crippen molar-refractivity contribution in [3.05, 3.63) is 34.9 Å². The summed E-state index contributed by atoms with van der Waals surface area (Å²) >= 11 is 5.94. The molecular formula is C16H20ClNO5. The predicted molar refractivity (Wildman–Crippen MR) is 85.2 cm³/mol. The molecule has 0 aliphatic carbocycles. The van der Waals surface area contributed by atoms with Crippen LogP contribution in [0.1, 0.15) is 37.6 Å². The first-order chi connectivity index (χ1) is 10.6. The number of esters is 2. The van der Waals surface area contributed by atoms with Crippen LogP contribution in [0.25, 0.3) is 0 Å². The highest BCUT2D eigenvalue weighted by Gasteiger charge is 2.28. The molecule has 0 saturated carbocycles. The summed E-state index contributed by atoms with van der Waals surface area (Å²) in [6.07, 6.45) is -0.333. The van der Waals surface area contributed by atoms with Crippen LogP contribution < -0.4 is 5.32 Å². The summed E-state index contributed by atoms with van der Waals surface area (Å²) in [6.45, 7) is 5.13. The molecule has 1 N–H and O–H groups in total. The lowest BCUT2D eigenvalue weighted by atomic mass is 10.1. The molecule has 1 rings (SSSR count). The molecule has 0 bridgehead atoms. The van der Waals surface area contributed by atoms with Crippen LogP contribution in [0.3, 0.4) is 0 Å². The Kier molecular flexibility index (Phi) is 6.57. The van der Waals surface area contributed by atoms with Crippen LogP contribution in [0.15, 0.2) is 24.3 Å². The third-order valence-electron chi connectivity index (χ3n) is 2.70. The zero-order chi connectivity index (χ0) is 17.6. The zero-order valence-electron chi connectivity index (χ0n) is 13.5. The lowest BCUT2D eigenvalue weighted by Gasteiger charge is -2.22. The Bertz CT molecular complexity index is 594. The maximum Gasteiger partial charge on any atom is 0.328 e. The molecule has 0 heterocycles. The Morgan fingerprint density at radius 3 is 2.35 bits per heavy atom. The number of rotatable bonds is 5. The first-order valence-corrected chi connectivity index (χ1v) is 7.37. The molecule has 0 radical (unpaired) electrons. The largest absolute Gasteiger partial charge is 0.467 e. The molecule has 0 spiro atoms. The van der Waals surface area contributed by atoms with Crippen LogP contribution in [0.5, 0.6) is 0 Å². The second-order valence-corrected chi connectivity index (χ2v) is 6.23. The molecule has 1 atom stereocenters. The standard InChI is InChI=1S/C16H20ClNO5/c1-16(2,3)23-13(19)9-12(15(21)22-4)18-14(20)10-7-5-6-8-11(10)17/h5-8,12H,9H2,1-4H3,(H,18,20)/t12-/m0/s1. The van der Waals surface area contributed by atoms with Crippen LogP contribution in [-0.4, -0.2) is 36.6 Å². The van der Waals surface area contributed by atoms with Gasteiger partial charge in [-0.1, -0.05) is 23.7 Å². The number of carbonyl (C=O) groups is 3. The molecule has 1 aromatic rings. The Labute approximate surface area is 140 Å². The highest BCUT2D eigenvalue weighted by Crippen LogP contribution is 2.15. The van der Waals surface area contributed by atoms with E-state index in [1.54, 1.807) is 39.0 Å². The minimum Gasteiger partial charge on any atom is -0.467 e. The number of hydrogen-bond donors (Lipinski definition) is 1. The molecule has 7 heteroatoms. The van der Waals surface area contributed by atoms with Gasteiger partial charge >= 0.3 is 11.9 Å². The highest BCUT2D eigenvalue weighted by atomic mass is 35.5. The summed E-state index contributed by atoms with van der Waals surface area (Å²) in [7, 11) is 1.17. The quantitative estimate of drug-likeness (QED) is 0.831. The minimum atomic E-state index is -1.15. The van der Waals surface area contributed by atoms with Crippen molar-refractivity contribution in [3.63, 3.8) is 0 Å². The van der Waals surface area contributed by atoms with Crippen LogP contribution in [0.2, 0.25) is 5.02 Å². The Morgan fingerprint density at radius 2 is 1.83 bits per heavy atom. The second-order valence-electron chi connectivity index (χ2n) is 5.82. The van der Waals surface area contributed by atoms with Gasteiger partial charge in [0.15, 0.2) is 0 Å². The van der Waals surface area contributed by atoms with Gasteiger partial charge in [0.05, 0.1) is 24.1 Å². The van der Waals surface area contributed by atoms with E-state index in [4.69, 9.17) is 16.3 Å². The van der Waals surface area contributed by atoms with Crippen LogP contribution in [0.4, 0.5) is 0 Å². The molecule has 0 saturated heterocycles. The van der Waals surface area contributed by atoms with Gasteiger partial charge in [0.1, 0.15) is 11.6 Å². The highest BCUT2D eigenvalue weighted by molar-refractivity contribution is 6.33. The van der Waals surface area contributed by atoms with Crippen molar-refractivity contribution in [3.8, 4) is 0 Å². The van der Waals surface area contributed by atoms with Crippen molar-refractivity contribution in [2.75, 3.05) is 7.11 Å². The summed E-state index contributed by atoms with van der Waals surface area (Å²) in [5, 5.41) is 2.68. The fraction of sp³-hybridized carbons (Fsp3) is 0.438. The van der Waals surface area contributed by atoms with E-state index in [0.717, 1.165) is 0 Å². The van der Waals surface area contributed by atoms with Gasteiger partial charge in [0.2, 0.25) is 0 Å². The molecule has 0 aromatic heterocycles. The molecule has 126 valence electrons. The Balaban J connectivity index is 2.83. The van der Waals surface area contributed by atoms with E-state index in [0.29, 0.717) is 0 Å². The number of nitrogens with one attached hydrogen (secondary N) is 1. The molecule has 0 aliphatic heterocycles. The van der Waals surface area contributed by atoms with E-state index in [9.17, 15) is 14.4 Å². The van der Waals surface area contributed by atoms with Crippen molar-refractivity contribution in [1.29, 1.82) is 0 Å². The van der Waals surface area contributed by atoms with Crippen molar-refractivity contribution in [2.24, 2.45) is 0 Å². The molecule has 1 amide bonds. The van der Waals surface area contributed by atoms with E-state index >= 15 is 0 Å². The van der Waals surface area contributed by atoms with E-state index in [2.05, 4.69) is 10.1 Å². The average Bonchev–Trinajstić information content (AvgIpc) is 2.44. The van der Waals surface area contributed by atoms with Gasteiger partial charge in [-0.15, -0.1) is 0 Å². The number of amides is 1. The van der Waals surface area contributed by atoms with Gasteiger partial charge < -0.3 is 14.8 Å².